The minimum Gasteiger partial charge on any atom is -0.379 e. The maximum absolute atomic E-state index is 13.7. The maximum atomic E-state index is 13.7. The van der Waals surface area contributed by atoms with Gasteiger partial charge < -0.3 is 15.0 Å². The highest BCUT2D eigenvalue weighted by atomic mass is 35.5. The van der Waals surface area contributed by atoms with Crippen molar-refractivity contribution >= 4 is 51.3 Å². The first-order valence-corrected chi connectivity index (χ1v) is 13.8. The summed E-state index contributed by atoms with van der Waals surface area (Å²) in [7, 11) is 0. The average Bonchev–Trinajstić information content (AvgIpc) is 3.35. The van der Waals surface area contributed by atoms with Gasteiger partial charge in [0.25, 0.3) is 5.91 Å². The normalized spacial score (nSPS) is 16.3. The molecule has 6 rings (SSSR count). The number of aryl methyl sites for hydroxylation is 1. The molecule has 0 saturated carbocycles. The molecule has 2 aliphatic heterocycles. The number of aromatic nitrogens is 2. The highest BCUT2D eigenvalue weighted by molar-refractivity contribution is 7.17. The van der Waals surface area contributed by atoms with Gasteiger partial charge in [-0.2, -0.15) is 0 Å². The quantitative estimate of drug-likeness (QED) is 0.364. The van der Waals surface area contributed by atoms with Crippen LogP contribution in [0.4, 0.5) is 11.5 Å². The topological polar surface area (TPSA) is 70.6 Å². The summed E-state index contributed by atoms with van der Waals surface area (Å²) in [5, 5.41) is 6.07. The Hall–Kier alpha value is -3.04. The minimum absolute atomic E-state index is 0.0170. The van der Waals surface area contributed by atoms with Crippen LogP contribution in [0.2, 0.25) is 5.02 Å². The number of hydrogen-bond donors (Lipinski definition) is 1. The molecular formula is C28H28ClN5O2S. The second-order valence-electron chi connectivity index (χ2n) is 9.39. The van der Waals surface area contributed by atoms with E-state index in [0.717, 1.165) is 83.6 Å². The molecule has 2 aromatic carbocycles. The Morgan fingerprint density at radius 1 is 1.08 bits per heavy atom. The van der Waals surface area contributed by atoms with Crippen molar-refractivity contribution in [2.24, 2.45) is 0 Å². The maximum Gasteiger partial charge on any atom is 0.270 e. The third kappa shape index (κ3) is 4.94. The van der Waals surface area contributed by atoms with Crippen molar-refractivity contribution in [3.05, 3.63) is 69.7 Å². The van der Waals surface area contributed by atoms with Gasteiger partial charge in [-0.3, -0.25) is 9.69 Å². The van der Waals surface area contributed by atoms with Crippen LogP contribution in [0.25, 0.3) is 21.5 Å². The van der Waals surface area contributed by atoms with E-state index in [-0.39, 0.29) is 5.91 Å². The number of ether oxygens (including phenoxy) is 1. The van der Waals surface area contributed by atoms with Gasteiger partial charge in [0, 0.05) is 55.1 Å². The zero-order valence-corrected chi connectivity index (χ0v) is 22.2. The Labute approximate surface area is 225 Å². The predicted molar refractivity (Wildman–Crippen MR) is 150 cm³/mol. The van der Waals surface area contributed by atoms with E-state index in [1.165, 1.54) is 11.3 Å². The molecule has 0 bridgehead atoms. The van der Waals surface area contributed by atoms with Crippen molar-refractivity contribution in [2.45, 2.75) is 13.3 Å². The number of benzene rings is 2. The second kappa shape index (κ2) is 10.4. The van der Waals surface area contributed by atoms with Crippen LogP contribution in [0.15, 0.2) is 48.5 Å². The van der Waals surface area contributed by atoms with Crippen LogP contribution >= 0.6 is 22.9 Å². The molecular weight excluding hydrogens is 506 g/mol. The lowest BCUT2D eigenvalue weighted by atomic mass is 10.1. The number of amides is 1. The van der Waals surface area contributed by atoms with Gasteiger partial charge in [-0.15, -0.1) is 11.3 Å². The van der Waals surface area contributed by atoms with E-state index >= 15 is 0 Å². The minimum atomic E-state index is -0.0170. The van der Waals surface area contributed by atoms with Gasteiger partial charge in [0.1, 0.15) is 15.7 Å². The van der Waals surface area contributed by atoms with Crippen molar-refractivity contribution in [2.75, 3.05) is 56.2 Å². The number of para-hydroxylation sites is 1. The van der Waals surface area contributed by atoms with E-state index < -0.39 is 0 Å². The molecule has 0 spiro atoms. The Morgan fingerprint density at radius 3 is 2.70 bits per heavy atom. The molecule has 1 amide bonds. The number of nitrogens with zero attached hydrogens (tertiary/aromatic N) is 4. The number of halogens is 1. The molecule has 1 fully saturated rings. The lowest BCUT2D eigenvalue weighted by molar-refractivity contribution is 0.0398. The van der Waals surface area contributed by atoms with Crippen LogP contribution in [0.1, 0.15) is 20.9 Å². The molecule has 37 heavy (non-hydrogen) atoms. The fourth-order valence-electron chi connectivity index (χ4n) is 4.95. The molecule has 0 radical (unpaired) electrons. The predicted octanol–water partition coefficient (Wildman–Crippen LogP) is 5.27. The molecule has 2 aromatic heterocycles. The van der Waals surface area contributed by atoms with Crippen molar-refractivity contribution < 1.29 is 9.53 Å². The number of nitrogens with one attached hydrogen (secondary N) is 1. The monoisotopic (exact) mass is 533 g/mol. The summed E-state index contributed by atoms with van der Waals surface area (Å²) in [4.78, 5) is 28.4. The fourth-order valence-corrected chi connectivity index (χ4v) is 6.15. The highest BCUT2D eigenvalue weighted by Gasteiger charge is 2.31. The van der Waals surface area contributed by atoms with Crippen LogP contribution in [0.5, 0.6) is 0 Å². The van der Waals surface area contributed by atoms with Crippen LogP contribution in [0.3, 0.4) is 0 Å². The van der Waals surface area contributed by atoms with E-state index in [2.05, 4.69) is 29.3 Å². The number of hydrogen-bond acceptors (Lipinski definition) is 7. The molecule has 9 heteroatoms. The van der Waals surface area contributed by atoms with Crippen molar-refractivity contribution in [1.82, 2.24) is 14.9 Å². The Balaban J connectivity index is 1.27. The number of carbonyl (C=O) groups is 1. The Kier molecular flexibility index (Phi) is 6.82. The average molecular weight is 534 g/mol. The number of morpholine rings is 1. The number of fused-ring (bicyclic) bond motifs is 2. The molecule has 7 nitrogen and oxygen atoms in total. The first-order chi connectivity index (χ1) is 18.1. The van der Waals surface area contributed by atoms with Gasteiger partial charge >= 0.3 is 0 Å². The summed E-state index contributed by atoms with van der Waals surface area (Å²) in [6.45, 7) is 7.94. The summed E-state index contributed by atoms with van der Waals surface area (Å²) in [6, 6.07) is 15.7. The molecule has 190 valence electrons. The second-order valence-corrected chi connectivity index (χ2v) is 10.8. The van der Waals surface area contributed by atoms with Gasteiger partial charge in [0.15, 0.2) is 0 Å². The smallest absolute Gasteiger partial charge is 0.270 e. The van der Waals surface area contributed by atoms with Crippen molar-refractivity contribution in [1.29, 1.82) is 0 Å². The molecule has 2 aliphatic rings. The van der Waals surface area contributed by atoms with E-state index in [4.69, 9.17) is 26.3 Å². The lowest BCUT2D eigenvalue weighted by Gasteiger charge is -2.27. The van der Waals surface area contributed by atoms with E-state index in [0.29, 0.717) is 22.9 Å². The van der Waals surface area contributed by atoms with Gasteiger partial charge in [-0.25, -0.2) is 9.97 Å². The van der Waals surface area contributed by atoms with Gasteiger partial charge in [-0.05, 0) is 36.8 Å². The highest BCUT2D eigenvalue weighted by Crippen LogP contribution is 2.36. The first-order valence-electron chi connectivity index (χ1n) is 12.6. The SMILES string of the molecule is Cc1cc(NCCN2CCOCC2)nc2c(N3CCc4nc(-c5ccc(Cl)cc5)sc4C3=O)cccc12. The summed E-state index contributed by atoms with van der Waals surface area (Å²) in [5.74, 6) is 0.815. The largest absolute Gasteiger partial charge is 0.379 e. The molecule has 0 atom stereocenters. The number of thiazole rings is 1. The summed E-state index contributed by atoms with van der Waals surface area (Å²) in [6.07, 6.45) is 0.706. The van der Waals surface area contributed by atoms with E-state index in [1.807, 2.05) is 41.3 Å². The van der Waals surface area contributed by atoms with Crippen LogP contribution < -0.4 is 10.2 Å². The van der Waals surface area contributed by atoms with Crippen molar-refractivity contribution in [3.8, 4) is 10.6 Å². The van der Waals surface area contributed by atoms with Crippen LogP contribution in [0, 0.1) is 6.92 Å². The van der Waals surface area contributed by atoms with Gasteiger partial charge in [0.05, 0.1) is 30.1 Å². The summed E-state index contributed by atoms with van der Waals surface area (Å²) >= 11 is 7.49. The third-order valence-electron chi connectivity index (χ3n) is 6.95. The Bertz CT molecular complexity index is 1450. The number of pyridine rings is 1. The van der Waals surface area contributed by atoms with Crippen LogP contribution in [-0.4, -0.2) is 66.7 Å². The number of carbonyl (C=O) groups excluding carboxylic acids is 1. The first kappa shape index (κ1) is 24.3. The zero-order chi connectivity index (χ0) is 25.4. The third-order valence-corrected chi connectivity index (χ3v) is 8.34. The number of rotatable bonds is 6. The van der Waals surface area contributed by atoms with Gasteiger partial charge in [-0.1, -0.05) is 35.9 Å². The zero-order valence-electron chi connectivity index (χ0n) is 20.7. The Morgan fingerprint density at radius 2 is 1.89 bits per heavy atom. The summed E-state index contributed by atoms with van der Waals surface area (Å²) < 4.78 is 5.44. The van der Waals surface area contributed by atoms with Gasteiger partial charge in [0.2, 0.25) is 0 Å². The standard InChI is InChI=1S/C28H28ClN5O2S/c1-18-17-24(30-10-12-33-13-15-36-16-14-33)32-25-21(18)3-2-4-23(25)34-11-9-22-26(28(34)35)37-27(31-22)19-5-7-20(29)8-6-19/h2-8,17H,9-16H2,1H3,(H,30,32). The molecule has 4 aromatic rings. The molecule has 1 saturated heterocycles. The van der Waals surface area contributed by atoms with Crippen molar-refractivity contribution in [3.63, 3.8) is 0 Å². The summed E-state index contributed by atoms with van der Waals surface area (Å²) in [5.41, 5.74) is 4.66. The van der Waals surface area contributed by atoms with E-state index in [9.17, 15) is 4.79 Å². The molecule has 1 N–H and O–H groups in total. The fraction of sp³-hybridized carbons (Fsp3) is 0.321. The molecule has 0 unspecified atom stereocenters. The molecule has 4 heterocycles. The number of anilines is 2. The molecule has 0 aliphatic carbocycles. The van der Waals surface area contributed by atoms with E-state index in [1.54, 1.807) is 0 Å². The van der Waals surface area contributed by atoms with Crippen LogP contribution in [-0.2, 0) is 11.2 Å². The lowest BCUT2D eigenvalue weighted by Crippen LogP contribution is -2.39.